The smallest absolute Gasteiger partial charge is 0.158 e. The Kier molecular flexibility index (Phi) is 3.37. The highest BCUT2D eigenvalue weighted by molar-refractivity contribution is 8.24. The van der Waals surface area contributed by atoms with Gasteiger partial charge in [0.1, 0.15) is 0 Å². The molecule has 23 heavy (non-hydrogen) atoms. The molecular formula is C16H18N4O2S. The first-order chi connectivity index (χ1) is 11.1. The summed E-state index contributed by atoms with van der Waals surface area (Å²) in [6.07, 6.45) is 7.94. The third kappa shape index (κ3) is 2.50. The molecule has 7 heteroatoms. The van der Waals surface area contributed by atoms with Crippen LogP contribution in [0.1, 0.15) is 18.0 Å². The van der Waals surface area contributed by atoms with Gasteiger partial charge in [0.05, 0.1) is 18.0 Å². The largest absolute Gasteiger partial charge is 0.299 e. The van der Waals surface area contributed by atoms with E-state index in [1.165, 1.54) is 0 Å². The molecule has 0 aromatic carbocycles. The molecule has 120 valence electrons. The van der Waals surface area contributed by atoms with E-state index in [-0.39, 0.29) is 6.04 Å². The molecule has 1 unspecified atom stereocenters. The third-order valence-electron chi connectivity index (χ3n) is 4.41. The van der Waals surface area contributed by atoms with Crippen molar-refractivity contribution in [3.05, 3.63) is 42.5 Å². The van der Waals surface area contributed by atoms with Crippen LogP contribution in [-0.4, -0.2) is 40.4 Å². The van der Waals surface area contributed by atoms with Crippen molar-refractivity contribution < 1.29 is 9.11 Å². The topological polar surface area (TPSA) is 84.1 Å². The maximum Gasteiger partial charge on any atom is 0.158 e. The van der Waals surface area contributed by atoms with E-state index in [9.17, 15) is 9.11 Å². The Hall–Kier alpha value is -1.96. The lowest BCUT2D eigenvalue weighted by Gasteiger charge is -2.25. The molecule has 0 spiro atoms. The standard InChI is InChI=1S/C16H18N4O2S/c1-11-2-5-17-8-14(11)13-3-6-18-16-15(13)9-19-20(16)12-4-7-23(21,22)10-12/h2-3,5-6,8-9,12,21-22H,4,7,10H2,1H3. The highest BCUT2D eigenvalue weighted by Crippen LogP contribution is 2.50. The second-order valence-electron chi connectivity index (χ2n) is 5.99. The van der Waals surface area contributed by atoms with Crippen molar-refractivity contribution in [2.75, 3.05) is 11.5 Å². The van der Waals surface area contributed by atoms with Crippen LogP contribution in [0.25, 0.3) is 22.2 Å². The minimum atomic E-state index is -2.46. The highest BCUT2D eigenvalue weighted by Gasteiger charge is 2.31. The van der Waals surface area contributed by atoms with Gasteiger partial charge in [-0.15, -0.1) is 0 Å². The number of fused-ring (bicyclic) bond motifs is 1. The van der Waals surface area contributed by atoms with Crippen molar-refractivity contribution in [3.8, 4) is 11.1 Å². The molecule has 3 aromatic heterocycles. The predicted molar refractivity (Wildman–Crippen MR) is 91.7 cm³/mol. The summed E-state index contributed by atoms with van der Waals surface area (Å²) in [6, 6.07) is 3.95. The number of rotatable bonds is 2. The Morgan fingerprint density at radius 3 is 2.78 bits per heavy atom. The van der Waals surface area contributed by atoms with E-state index in [1.807, 2.05) is 29.2 Å². The van der Waals surface area contributed by atoms with E-state index in [0.29, 0.717) is 11.5 Å². The van der Waals surface area contributed by atoms with Crippen molar-refractivity contribution in [3.63, 3.8) is 0 Å². The van der Waals surface area contributed by atoms with Crippen LogP contribution in [0.5, 0.6) is 0 Å². The minimum absolute atomic E-state index is 0.00440. The van der Waals surface area contributed by atoms with Gasteiger partial charge < -0.3 is 0 Å². The molecule has 0 amide bonds. The van der Waals surface area contributed by atoms with Gasteiger partial charge in [-0.1, -0.05) is 0 Å². The van der Waals surface area contributed by atoms with Gasteiger partial charge in [0.25, 0.3) is 0 Å². The molecule has 1 fully saturated rings. The van der Waals surface area contributed by atoms with Crippen LogP contribution >= 0.6 is 10.6 Å². The molecule has 0 radical (unpaired) electrons. The summed E-state index contributed by atoms with van der Waals surface area (Å²) in [6.45, 7) is 2.06. The van der Waals surface area contributed by atoms with Gasteiger partial charge in [-0.25, -0.2) is 9.67 Å². The van der Waals surface area contributed by atoms with Crippen LogP contribution in [0.15, 0.2) is 36.9 Å². The zero-order chi connectivity index (χ0) is 16.0. The lowest BCUT2D eigenvalue weighted by atomic mass is 10.0. The molecular weight excluding hydrogens is 312 g/mol. The lowest BCUT2D eigenvalue weighted by Crippen LogP contribution is -2.11. The Morgan fingerprint density at radius 1 is 1.17 bits per heavy atom. The van der Waals surface area contributed by atoms with Crippen LogP contribution in [0.2, 0.25) is 0 Å². The van der Waals surface area contributed by atoms with Crippen molar-refractivity contribution >= 4 is 21.6 Å². The second kappa shape index (κ2) is 5.30. The molecule has 4 rings (SSSR count). The minimum Gasteiger partial charge on any atom is -0.299 e. The van der Waals surface area contributed by atoms with Crippen LogP contribution in [-0.2, 0) is 0 Å². The number of aromatic nitrogens is 4. The van der Waals surface area contributed by atoms with E-state index in [4.69, 9.17) is 0 Å². The third-order valence-corrected chi connectivity index (χ3v) is 6.22. The monoisotopic (exact) mass is 330 g/mol. The van der Waals surface area contributed by atoms with Crippen LogP contribution in [0.4, 0.5) is 0 Å². The van der Waals surface area contributed by atoms with Gasteiger partial charge in [-0.05, 0) is 36.6 Å². The highest BCUT2D eigenvalue weighted by atomic mass is 32.3. The fraction of sp³-hybridized carbons (Fsp3) is 0.312. The van der Waals surface area contributed by atoms with Gasteiger partial charge >= 0.3 is 0 Å². The molecule has 0 aliphatic carbocycles. The molecule has 4 heterocycles. The first kappa shape index (κ1) is 14.6. The molecule has 0 bridgehead atoms. The molecule has 2 N–H and O–H groups in total. The van der Waals surface area contributed by atoms with Crippen molar-refractivity contribution in [1.82, 2.24) is 19.7 Å². The van der Waals surface area contributed by atoms with Crippen molar-refractivity contribution in [2.45, 2.75) is 19.4 Å². The summed E-state index contributed by atoms with van der Waals surface area (Å²) in [5, 5.41) is 5.45. The van der Waals surface area contributed by atoms with E-state index < -0.39 is 10.6 Å². The molecule has 0 saturated carbocycles. The average Bonchev–Trinajstić information content (AvgIpc) is 3.10. The number of hydrogen-bond donors (Lipinski definition) is 2. The molecule has 3 aromatic rings. The number of hydrogen-bond acceptors (Lipinski definition) is 5. The van der Waals surface area contributed by atoms with Gasteiger partial charge in [0, 0.05) is 35.3 Å². The molecule has 1 aliphatic rings. The van der Waals surface area contributed by atoms with E-state index in [2.05, 4.69) is 22.0 Å². The van der Waals surface area contributed by atoms with Crippen LogP contribution < -0.4 is 0 Å². The summed E-state index contributed by atoms with van der Waals surface area (Å²) in [5.74, 6) is 0.808. The molecule has 1 aliphatic heterocycles. The van der Waals surface area contributed by atoms with Crippen molar-refractivity contribution in [1.29, 1.82) is 0 Å². The summed E-state index contributed by atoms with van der Waals surface area (Å²) in [5.41, 5.74) is 4.05. The summed E-state index contributed by atoms with van der Waals surface area (Å²) in [7, 11) is -2.46. The Morgan fingerprint density at radius 2 is 2.04 bits per heavy atom. The first-order valence-electron chi connectivity index (χ1n) is 7.52. The second-order valence-corrected chi connectivity index (χ2v) is 8.34. The van der Waals surface area contributed by atoms with E-state index in [0.717, 1.165) is 34.1 Å². The van der Waals surface area contributed by atoms with E-state index >= 15 is 0 Å². The van der Waals surface area contributed by atoms with Gasteiger partial charge in [0.2, 0.25) is 0 Å². The zero-order valence-electron chi connectivity index (χ0n) is 12.8. The van der Waals surface area contributed by atoms with E-state index in [1.54, 1.807) is 12.4 Å². The van der Waals surface area contributed by atoms with Crippen LogP contribution in [0.3, 0.4) is 0 Å². The Bertz CT molecular complexity index is 877. The molecule has 1 saturated heterocycles. The van der Waals surface area contributed by atoms with Gasteiger partial charge in [-0.2, -0.15) is 15.7 Å². The maximum atomic E-state index is 9.87. The quantitative estimate of drug-likeness (QED) is 0.751. The number of nitrogens with zero attached hydrogens (tertiary/aromatic N) is 4. The van der Waals surface area contributed by atoms with Crippen LogP contribution in [0, 0.1) is 6.92 Å². The zero-order valence-corrected chi connectivity index (χ0v) is 13.6. The number of aryl methyl sites for hydroxylation is 1. The average molecular weight is 330 g/mol. The Labute approximate surface area is 135 Å². The van der Waals surface area contributed by atoms with Crippen molar-refractivity contribution in [2.24, 2.45) is 0 Å². The fourth-order valence-electron chi connectivity index (χ4n) is 3.19. The fourth-order valence-corrected chi connectivity index (χ4v) is 4.93. The summed E-state index contributed by atoms with van der Waals surface area (Å²) in [4.78, 5) is 8.70. The SMILES string of the molecule is Cc1ccncc1-c1ccnc2c1cnn2C1CCS(O)(O)C1. The number of pyridine rings is 2. The lowest BCUT2D eigenvalue weighted by molar-refractivity contribution is 0.483. The Balaban J connectivity index is 1.83. The predicted octanol–water partition coefficient (Wildman–Crippen LogP) is 3.50. The summed E-state index contributed by atoms with van der Waals surface area (Å²) >= 11 is 0. The maximum absolute atomic E-state index is 9.87. The molecule has 1 atom stereocenters. The van der Waals surface area contributed by atoms with Gasteiger partial charge in [0.15, 0.2) is 5.65 Å². The molecule has 6 nitrogen and oxygen atoms in total. The normalized spacial score (nSPS) is 21.6. The first-order valence-corrected chi connectivity index (χ1v) is 9.40. The summed E-state index contributed by atoms with van der Waals surface area (Å²) < 4.78 is 21.6. The van der Waals surface area contributed by atoms with Gasteiger partial charge in [-0.3, -0.25) is 14.1 Å².